The van der Waals surface area contributed by atoms with Gasteiger partial charge >= 0.3 is 21.1 Å². The van der Waals surface area contributed by atoms with E-state index in [0.29, 0.717) is 11.5 Å². The van der Waals surface area contributed by atoms with Crippen LogP contribution in [0.1, 0.15) is 16.7 Å². The molecular weight excluding hydrogens is 864 g/mol. The zero-order valence-corrected chi connectivity index (χ0v) is 32.6. The molecule has 0 saturated heterocycles. The van der Waals surface area contributed by atoms with Gasteiger partial charge in [-0.1, -0.05) is 88.6 Å². The maximum Gasteiger partial charge on any atom is 2.00 e. The molecule has 0 radical (unpaired) electrons. The third-order valence-corrected chi connectivity index (χ3v) is 11.7. The molecule has 0 saturated carbocycles. The Labute approximate surface area is 329 Å². The molecular formula is C47H30N4OPtS. The molecule has 0 fully saturated rings. The summed E-state index contributed by atoms with van der Waals surface area (Å²) >= 11 is 1.82. The molecule has 0 aliphatic carbocycles. The van der Waals surface area contributed by atoms with Crippen LogP contribution in [0.2, 0.25) is 0 Å². The molecule has 0 unspecified atom stereocenters. The van der Waals surface area contributed by atoms with Gasteiger partial charge in [-0.3, -0.25) is 4.98 Å². The number of para-hydroxylation sites is 1. The monoisotopic (exact) mass is 893 g/mol. The van der Waals surface area contributed by atoms with Crippen LogP contribution < -0.4 is 4.74 Å². The Bertz CT molecular complexity index is 3280. The van der Waals surface area contributed by atoms with Crippen molar-refractivity contribution in [2.24, 2.45) is 0 Å². The first kappa shape index (κ1) is 32.8. The SMILES string of the molecule is Cc1cc(C)c(-c2cnc3c4[c-]c(Oc5[c-]c6c(cc5)c5ccc7sc8ccccc8c7c5n6-c5ccccn5)ccc4c4ccccc4n23)c(C)c1.[Pt+2]. The average molecular weight is 894 g/mol. The van der Waals surface area contributed by atoms with E-state index in [2.05, 4.69) is 133 Å². The van der Waals surface area contributed by atoms with Crippen molar-refractivity contribution in [3.05, 3.63) is 156 Å². The first-order valence-electron chi connectivity index (χ1n) is 17.7. The van der Waals surface area contributed by atoms with Gasteiger partial charge in [0.15, 0.2) is 0 Å². The van der Waals surface area contributed by atoms with E-state index in [4.69, 9.17) is 14.7 Å². The zero-order valence-electron chi connectivity index (χ0n) is 29.5. The van der Waals surface area contributed by atoms with Crippen molar-refractivity contribution in [3.63, 3.8) is 0 Å². The Morgan fingerprint density at radius 3 is 2.19 bits per heavy atom. The van der Waals surface area contributed by atoms with Gasteiger partial charge in [-0.25, -0.2) is 4.98 Å². The molecule has 0 N–H and O–H groups in total. The Hall–Kier alpha value is -5.81. The van der Waals surface area contributed by atoms with E-state index >= 15 is 0 Å². The molecule has 5 aromatic heterocycles. The molecule has 5 heterocycles. The number of nitrogens with zero attached hydrogens (tertiary/aromatic N) is 4. The van der Waals surface area contributed by atoms with Crippen molar-refractivity contribution in [3.8, 4) is 28.6 Å². The molecule has 5 nitrogen and oxygen atoms in total. The minimum Gasteiger partial charge on any atom is -0.503 e. The second kappa shape index (κ2) is 12.4. The standard InChI is InChI=1S/C47H30N4OS.Pt/c1-27-22-28(2)44(29(3)23-27)40-26-49-47-37-24-30(15-17-32(37)33-10-4-6-12-38(33)50(40)47)52-31-16-18-34-35-19-20-42-45(36-11-5-7-13-41(36)53-42)46(35)51(39(34)25-31)43-14-8-9-21-48-43;/h4-23,26H,1-3H3;/q-2;+2. The molecule has 0 aliphatic heterocycles. The van der Waals surface area contributed by atoms with Gasteiger partial charge < -0.3 is 13.7 Å². The number of hydrogen-bond acceptors (Lipinski definition) is 4. The topological polar surface area (TPSA) is 44.3 Å². The maximum absolute atomic E-state index is 6.65. The van der Waals surface area contributed by atoms with Crippen LogP contribution in [0.3, 0.4) is 0 Å². The number of ether oxygens (including phenoxy) is 1. The number of rotatable bonds is 4. The minimum absolute atomic E-state index is 0. The molecule has 0 bridgehead atoms. The number of imidazole rings is 1. The number of thiophene rings is 1. The average Bonchev–Trinajstić information content (AvgIpc) is 3.87. The first-order valence-corrected chi connectivity index (χ1v) is 18.6. The van der Waals surface area contributed by atoms with Crippen molar-refractivity contribution in [2.45, 2.75) is 20.8 Å². The van der Waals surface area contributed by atoms with E-state index in [0.717, 1.165) is 60.6 Å². The molecule has 7 heteroatoms. The van der Waals surface area contributed by atoms with Gasteiger partial charge in [-0.15, -0.1) is 41.0 Å². The van der Waals surface area contributed by atoms with Crippen LogP contribution in [-0.4, -0.2) is 18.9 Å². The number of benzene rings is 6. The second-order valence-electron chi connectivity index (χ2n) is 13.8. The van der Waals surface area contributed by atoms with Gasteiger partial charge in [0.2, 0.25) is 0 Å². The van der Waals surface area contributed by atoms with Crippen LogP contribution in [0, 0.1) is 32.9 Å². The van der Waals surface area contributed by atoms with Crippen LogP contribution in [-0.2, 0) is 21.1 Å². The summed E-state index contributed by atoms with van der Waals surface area (Å²) in [5.41, 5.74) is 10.00. The smallest absolute Gasteiger partial charge is 0.503 e. The molecule has 11 aromatic rings. The molecule has 6 aromatic carbocycles. The summed E-state index contributed by atoms with van der Waals surface area (Å²) < 4.78 is 13.7. The number of aromatic nitrogens is 4. The molecule has 0 aliphatic rings. The van der Waals surface area contributed by atoms with E-state index in [9.17, 15) is 0 Å². The summed E-state index contributed by atoms with van der Waals surface area (Å²) in [5, 5.41) is 7.85. The van der Waals surface area contributed by atoms with Crippen molar-refractivity contribution < 1.29 is 25.8 Å². The van der Waals surface area contributed by atoms with Crippen LogP contribution in [0.15, 0.2) is 128 Å². The summed E-state index contributed by atoms with van der Waals surface area (Å²) in [5.74, 6) is 2.04. The predicted octanol–water partition coefficient (Wildman–Crippen LogP) is 12.5. The Morgan fingerprint density at radius 2 is 1.37 bits per heavy atom. The third-order valence-electron chi connectivity index (χ3n) is 10.5. The Balaban J connectivity index is 0.00000361. The predicted molar refractivity (Wildman–Crippen MR) is 219 cm³/mol. The van der Waals surface area contributed by atoms with Crippen LogP contribution in [0.5, 0.6) is 11.5 Å². The Kier molecular flexibility index (Phi) is 7.52. The second-order valence-corrected chi connectivity index (χ2v) is 14.9. The van der Waals surface area contributed by atoms with Gasteiger partial charge in [0.05, 0.1) is 16.9 Å². The third kappa shape index (κ3) is 4.80. The van der Waals surface area contributed by atoms with Crippen molar-refractivity contribution in [2.75, 3.05) is 0 Å². The molecule has 54 heavy (non-hydrogen) atoms. The summed E-state index contributed by atoms with van der Waals surface area (Å²) in [4.78, 5) is 9.86. The van der Waals surface area contributed by atoms with E-state index in [-0.39, 0.29) is 21.1 Å². The van der Waals surface area contributed by atoms with Crippen LogP contribution >= 0.6 is 11.3 Å². The number of pyridine rings is 2. The van der Waals surface area contributed by atoms with Gasteiger partial charge in [-0.05, 0) is 73.0 Å². The van der Waals surface area contributed by atoms with Crippen LogP contribution in [0.25, 0.3) is 86.4 Å². The maximum atomic E-state index is 6.65. The minimum atomic E-state index is 0. The summed E-state index contributed by atoms with van der Waals surface area (Å²) in [6.45, 7) is 6.51. The van der Waals surface area contributed by atoms with E-state index in [1.165, 1.54) is 42.4 Å². The fraction of sp³-hybridized carbons (Fsp3) is 0.0638. The number of fused-ring (bicyclic) bond motifs is 13. The summed E-state index contributed by atoms with van der Waals surface area (Å²) in [7, 11) is 0. The van der Waals surface area contributed by atoms with E-state index < -0.39 is 0 Å². The summed E-state index contributed by atoms with van der Waals surface area (Å²) in [6.07, 6.45) is 3.84. The zero-order chi connectivity index (χ0) is 35.4. The van der Waals surface area contributed by atoms with Gasteiger partial charge in [0, 0.05) is 55.1 Å². The van der Waals surface area contributed by atoms with Crippen molar-refractivity contribution in [1.82, 2.24) is 18.9 Å². The van der Waals surface area contributed by atoms with Gasteiger partial charge in [-0.2, -0.15) is 6.07 Å². The fourth-order valence-corrected chi connectivity index (χ4v) is 9.58. The van der Waals surface area contributed by atoms with E-state index in [1.54, 1.807) is 0 Å². The van der Waals surface area contributed by atoms with Crippen molar-refractivity contribution >= 4 is 80.6 Å². The Morgan fingerprint density at radius 1 is 0.648 bits per heavy atom. The summed E-state index contributed by atoms with van der Waals surface area (Å²) in [6, 6.07) is 47.7. The molecule has 0 spiro atoms. The number of hydrogen-bond donors (Lipinski definition) is 0. The molecule has 260 valence electrons. The fourth-order valence-electron chi connectivity index (χ4n) is 8.47. The van der Waals surface area contributed by atoms with Crippen LogP contribution in [0.4, 0.5) is 0 Å². The molecule has 11 rings (SSSR count). The molecule has 0 amide bonds. The van der Waals surface area contributed by atoms with Crippen molar-refractivity contribution in [1.29, 1.82) is 0 Å². The quantitative estimate of drug-likeness (QED) is 0.131. The number of aryl methyl sites for hydroxylation is 3. The molecule has 0 atom stereocenters. The first-order chi connectivity index (χ1) is 26.0. The normalized spacial score (nSPS) is 11.8. The van der Waals surface area contributed by atoms with E-state index in [1.807, 2.05) is 48.0 Å². The van der Waals surface area contributed by atoms with Gasteiger partial charge in [0.1, 0.15) is 5.82 Å². The largest absolute Gasteiger partial charge is 2.00 e. The van der Waals surface area contributed by atoms with Gasteiger partial charge in [0.25, 0.3) is 0 Å².